The van der Waals surface area contributed by atoms with Gasteiger partial charge in [0.15, 0.2) is 5.69 Å². The molecule has 0 amide bonds. The summed E-state index contributed by atoms with van der Waals surface area (Å²) in [4.78, 5) is 10.0. The van der Waals surface area contributed by atoms with Crippen LogP contribution in [0.3, 0.4) is 0 Å². The van der Waals surface area contributed by atoms with Gasteiger partial charge >= 0.3 is 6.18 Å². The molecule has 0 radical (unpaired) electrons. The quantitative estimate of drug-likeness (QED) is 0.811. The van der Waals surface area contributed by atoms with Gasteiger partial charge < -0.3 is 4.74 Å². The van der Waals surface area contributed by atoms with E-state index >= 15 is 0 Å². The maximum atomic E-state index is 12.5. The summed E-state index contributed by atoms with van der Waals surface area (Å²) in [7, 11) is 0. The topological polar surface area (TPSA) is 55.0 Å². The molecule has 90 valence electrons. The molecule has 1 atom stereocenters. The van der Waals surface area contributed by atoms with Crippen LogP contribution in [0.1, 0.15) is 23.9 Å². The highest BCUT2D eigenvalue weighted by Crippen LogP contribution is 2.32. The Morgan fingerprint density at radius 1 is 1.56 bits per heavy atom. The molecule has 0 saturated heterocycles. The van der Waals surface area contributed by atoms with Crippen LogP contribution in [0, 0.1) is 6.92 Å². The molecular formula is C9H11F3N2O2. The van der Waals surface area contributed by atoms with Crippen LogP contribution in [0.4, 0.5) is 13.2 Å². The van der Waals surface area contributed by atoms with Gasteiger partial charge in [0.1, 0.15) is 6.10 Å². The summed E-state index contributed by atoms with van der Waals surface area (Å²) in [5.74, 6) is 0. The third-order valence-corrected chi connectivity index (χ3v) is 2.12. The minimum absolute atomic E-state index is 0.0179. The van der Waals surface area contributed by atoms with Crippen molar-refractivity contribution < 1.29 is 22.7 Å². The molecule has 16 heavy (non-hydrogen) atoms. The van der Waals surface area contributed by atoms with Gasteiger partial charge in [-0.15, -0.1) is 0 Å². The maximum absolute atomic E-state index is 12.5. The second-order valence-corrected chi connectivity index (χ2v) is 3.42. The molecular weight excluding hydrogens is 225 g/mol. The molecule has 0 aliphatic rings. The number of aromatic nitrogens is 2. The first-order valence-corrected chi connectivity index (χ1v) is 4.56. The Hall–Kier alpha value is -1.53. The molecule has 0 aromatic carbocycles. The number of nitrogens with one attached hydrogen (secondary N) is 1. The summed E-state index contributed by atoms with van der Waals surface area (Å²) >= 11 is 0. The van der Waals surface area contributed by atoms with Crippen molar-refractivity contribution in [1.29, 1.82) is 0 Å². The van der Waals surface area contributed by atoms with Crippen LogP contribution < -0.4 is 0 Å². The molecule has 7 heteroatoms. The molecule has 0 aliphatic carbocycles. The van der Waals surface area contributed by atoms with E-state index in [1.807, 2.05) is 0 Å². The third-order valence-electron chi connectivity index (χ3n) is 2.12. The van der Waals surface area contributed by atoms with Crippen molar-refractivity contribution in [2.24, 2.45) is 0 Å². The van der Waals surface area contributed by atoms with Crippen LogP contribution in [0.5, 0.6) is 0 Å². The van der Waals surface area contributed by atoms with Crippen LogP contribution >= 0.6 is 0 Å². The van der Waals surface area contributed by atoms with Crippen molar-refractivity contribution >= 4 is 6.47 Å². The average Bonchev–Trinajstić information content (AvgIpc) is 2.47. The maximum Gasteiger partial charge on any atom is 0.435 e. The highest BCUT2D eigenvalue weighted by Gasteiger charge is 2.37. The van der Waals surface area contributed by atoms with E-state index in [9.17, 15) is 18.0 Å². The lowest BCUT2D eigenvalue weighted by Gasteiger charge is -2.11. The number of hydrogen-bond acceptors (Lipinski definition) is 3. The standard InChI is InChI=1S/C9H11F3N2O2/c1-5(16-4-15)3-7-6(2)13-14-8(7)9(10,11)12/h4-5H,3H2,1-2H3,(H,13,14). The third kappa shape index (κ3) is 2.74. The summed E-state index contributed by atoms with van der Waals surface area (Å²) < 4.78 is 42.1. The van der Waals surface area contributed by atoms with Gasteiger partial charge in [0, 0.05) is 17.7 Å². The van der Waals surface area contributed by atoms with E-state index in [0.29, 0.717) is 5.69 Å². The predicted molar refractivity (Wildman–Crippen MR) is 48.6 cm³/mol. The van der Waals surface area contributed by atoms with Crippen LogP contribution in [0.25, 0.3) is 0 Å². The molecule has 0 fully saturated rings. The molecule has 0 bridgehead atoms. The van der Waals surface area contributed by atoms with Crippen LogP contribution in [-0.4, -0.2) is 22.8 Å². The fourth-order valence-electron chi connectivity index (χ4n) is 1.37. The molecule has 1 heterocycles. The number of alkyl halides is 3. The second-order valence-electron chi connectivity index (χ2n) is 3.42. The van der Waals surface area contributed by atoms with Gasteiger partial charge in [-0.05, 0) is 13.8 Å². The highest BCUT2D eigenvalue weighted by molar-refractivity contribution is 5.38. The second kappa shape index (κ2) is 4.54. The Morgan fingerprint density at radius 3 is 2.69 bits per heavy atom. The normalized spacial score (nSPS) is 13.6. The molecule has 0 saturated carbocycles. The Bertz CT molecular complexity index is 373. The zero-order valence-corrected chi connectivity index (χ0v) is 8.76. The number of nitrogens with zero attached hydrogens (tertiary/aromatic N) is 1. The first-order valence-electron chi connectivity index (χ1n) is 4.56. The zero-order chi connectivity index (χ0) is 12.3. The number of carbonyl (C=O) groups excluding carboxylic acids is 1. The number of ether oxygens (including phenoxy) is 1. The number of rotatable bonds is 4. The number of aromatic amines is 1. The number of aryl methyl sites for hydroxylation is 1. The zero-order valence-electron chi connectivity index (χ0n) is 8.76. The first-order chi connectivity index (χ1) is 7.36. The van der Waals surface area contributed by atoms with E-state index in [4.69, 9.17) is 0 Å². The van der Waals surface area contributed by atoms with E-state index in [1.165, 1.54) is 13.8 Å². The van der Waals surface area contributed by atoms with Crippen LogP contribution in [0.15, 0.2) is 0 Å². The molecule has 1 unspecified atom stereocenters. The van der Waals surface area contributed by atoms with Crippen molar-refractivity contribution in [3.8, 4) is 0 Å². The number of carbonyl (C=O) groups is 1. The summed E-state index contributed by atoms with van der Waals surface area (Å²) in [5, 5.41) is 5.48. The van der Waals surface area contributed by atoms with Gasteiger partial charge in [-0.1, -0.05) is 0 Å². The Kier molecular flexibility index (Phi) is 3.56. The fourth-order valence-corrected chi connectivity index (χ4v) is 1.37. The molecule has 1 aromatic heterocycles. The summed E-state index contributed by atoms with van der Waals surface area (Å²) in [6.07, 6.45) is -5.13. The molecule has 4 nitrogen and oxygen atoms in total. The van der Waals surface area contributed by atoms with E-state index < -0.39 is 18.0 Å². The van der Waals surface area contributed by atoms with Gasteiger partial charge in [0.2, 0.25) is 0 Å². The van der Waals surface area contributed by atoms with Crippen molar-refractivity contribution in [3.05, 3.63) is 17.0 Å². The smallest absolute Gasteiger partial charge is 0.435 e. The van der Waals surface area contributed by atoms with Crippen molar-refractivity contribution in [2.75, 3.05) is 0 Å². The highest BCUT2D eigenvalue weighted by atomic mass is 19.4. The lowest BCUT2D eigenvalue weighted by atomic mass is 10.1. The van der Waals surface area contributed by atoms with E-state index in [1.54, 1.807) is 0 Å². The minimum atomic E-state index is -4.50. The average molecular weight is 236 g/mol. The van der Waals surface area contributed by atoms with Crippen molar-refractivity contribution in [1.82, 2.24) is 10.2 Å². The van der Waals surface area contributed by atoms with Gasteiger partial charge in [-0.2, -0.15) is 18.3 Å². The predicted octanol–water partition coefficient (Wildman–Crippen LogP) is 1.84. The van der Waals surface area contributed by atoms with Crippen LogP contribution in [-0.2, 0) is 22.1 Å². The van der Waals surface area contributed by atoms with Gasteiger partial charge in [-0.25, -0.2) is 0 Å². The SMILES string of the molecule is Cc1[nH]nc(C(F)(F)F)c1CC(C)OC=O. The monoisotopic (exact) mass is 236 g/mol. The van der Waals surface area contributed by atoms with Gasteiger partial charge in [0.05, 0.1) is 0 Å². The lowest BCUT2D eigenvalue weighted by molar-refractivity contribution is -0.142. The lowest BCUT2D eigenvalue weighted by Crippen LogP contribution is -2.15. The van der Waals surface area contributed by atoms with Crippen molar-refractivity contribution in [2.45, 2.75) is 32.5 Å². The van der Waals surface area contributed by atoms with Crippen molar-refractivity contribution in [3.63, 3.8) is 0 Å². The number of H-pyrrole nitrogens is 1. The fraction of sp³-hybridized carbons (Fsp3) is 0.556. The summed E-state index contributed by atoms with van der Waals surface area (Å²) in [6, 6.07) is 0. The number of halogens is 3. The molecule has 1 rings (SSSR count). The molecule has 1 aromatic rings. The molecule has 0 spiro atoms. The van der Waals surface area contributed by atoms with E-state index in [2.05, 4.69) is 14.9 Å². The van der Waals surface area contributed by atoms with E-state index in [-0.39, 0.29) is 18.5 Å². The first kappa shape index (κ1) is 12.5. The summed E-state index contributed by atoms with van der Waals surface area (Å²) in [5.41, 5.74) is -0.595. The Morgan fingerprint density at radius 2 is 2.19 bits per heavy atom. The molecule has 1 N–H and O–H groups in total. The number of hydrogen-bond donors (Lipinski definition) is 1. The van der Waals surface area contributed by atoms with E-state index in [0.717, 1.165) is 0 Å². The van der Waals surface area contributed by atoms with Gasteiger partial charge in [-0.3, -0.25) is 9.89 Å². The summed E-state index contributed by atoms with van der Waals surface area (Å²) in [6.45, 7) is 3.22. The Labute approximate surface area is 89.8 Å². The molecule has 0 aliphatic heterocycles. The van der Waals surface area contributed by atoms with Crippen LogP contribution in [0.2, 0.25) is 0 Å². The minimum Gasteiger partial charge on any atom is -0.465 e. The Balaban J connectivity index is 2.94. The largest absolute Gasteiger partial charge is 0.465 e. The van der Waals surface area contributed by atoms with Gasteiger partial charge in [0.25, 0.3) is 6.47 Å².